The summed E-state index contributed by atoms with van der Waals surface area (Å²) in [5, 5.41) is 10.1. The molecule has 3 aromatic rings. The van der Waals surface area contributed by atoms with Gasteiger partial charge in [-0.25, -0.2) is 9.48 Å². The Morgan fingerprint density at radius 1 is 1.03 bits per heavy atom. The number of aromatic nitrogens is 2. The van der Waals surface area contributed by atoms with Gasteiger partial charge in [-0.3, -0.25) is 10.1 Å². The fourth-order valence-corrected chi connectivity index (χ4v) is 3.34. The van der Waals surface area contributed by atoms with Crippen LogP contribution in [0.2, 0.25) is 5.15 Å². The SMILES string of the molecule is COCCOC(=O)Nc1cccc(NC(=O)c2c(C)nn(Cc3ccc(C)cc3)c2Cl)c1. The van der Waals surface area contributed by atoms with Crippen molar-refractivity contribution in [2.75, 3.05) is 31.0 Å². The molecule has 0 saturated heterocycles. The molecule has 0 bridgehead atoms. The van der Waals surface area contributed by atoms with Crippen molar-refractivity contribution in [3.8, 4) is 0 Å². The van der Waals surface area contributed by atoms with Crippen LogP contribution in [-0.2, 0) is 16.0 Å². The van der Waals surface area contributed by atoms with Crippen LogP contribution < -0.4 is 10.6 Å². The Bertz CT molecular complexity index is 1100. The summed E-state index contributed by atoms with van der Waals surface area (Å²) in [6, 6.07) is 14.8. The largest absolute Gasteiger partial charge is 0.447 e. The fraction of sp³-hybridized carbons (Fsp3) is 0.261. The molecule has 2 N–H and O–H groups in total. The molecule has 1 aromatic heterocycles. The van der Waals surface area contributed by atoms with Crippen LogP contribution in [0.4, 0.5) is 16.2 Å². The van der Waals surface area contributed by atoms with Crippen molar-refractivity contribution in [2.24, 2.45) is 0 Å². The zero-order chi connectivity index (χ0) is 23.1. The van der Waals surface area contributed by atoms with E-state index in [-0.39, 0.29) is 17.7 Å². The minimum Gasteiger partial charge on any atom is -0.447 e. The second-order valence-corrected chi connectivity index (χ2v) is 7.54. The van der Waals surface area contributed by atoms with Crippen molar-refractivity contribution in [1.82, 2.24) is 9.78 Å². The number of nitrogens with one attached hydrogen (secondary N) is 2. The average molecular weight is 457 g/mol. The quantitative estimate of drug-likeness (QED) is 0.481. The molecule has 0 unspecified atom stereocenters. The Kier molecular flexibility index (Phi) is 7.86. The van der Waals surface area contributed by atoms with Gasteiger partial charge in [0.1, 0.15) is 11.8 Å². The van der Waals surface area contributed by atoms with Gasteiger partial charge in [0.05, 0.1) is 24.4 Å². The maximum absolute atomic E-state index is 12.9. The number of methoxy groups -OCH3 is 1. The molecule has 2 aromatic carbocycles. The second-order valence-electron chi connectivity index (χ2n) is 7.18. The van der Waals surface area contributed by atoms with E-state index in [2.05, 4.69) is 15.7 Å². The van der Waals surface area contributed by atoms with Crippen LogP contribution in [0.3, 0.4) is 0 Å². The molecule has 0 fully saturated rings. The van der Waals surface area contributed by atoms with Gasteiger partial charge in [0.15, 0.2) is 0 Å². The van der Waals surface area contributed by atoms with Crippen molar-refractivity contribution in [1.29, 1.82) is 0 Å². The first-order valence-corrected chi connectivity index (χ1v) is 10.4. The van der Waals surface area contributed by atoms with Crippen molar-refractivity contribution >= 4 is 35.0 Å². The molecule has 9 heteroatoms. The minimum atomic E-state index is -0.609. The van der Waals surface area contributed by atoms with E-state index in [0.717, 1.165) is 11.1 Å². The van der Waals surface area contributed by atoms with Gasteiger partial charge in [0.2, 0.25) is 0 Å². The number of nitrogens with zero attached hydrogens (tertiary/aromatic N) is 2. The van der Waals surface area contributed by atoms with E-state index < -0.39 is 6.09 Å². The highest BCUT2D eigenvalue weighted by atomic mass is 35.5. The number of hydrogen-bond donors (Lipinski definition) is 2. The number of halogens is 1. The van der Waals surface area contributed by atoms with Crippen molar-refractivity contribution in [2.45, 2.75) is 20.4 Å². The van der Waals surface area contributed by atoms with Crippen molar-refractivity contribution in [3.63, 3.8) is 0 Å². The number of carbonyl (C=O) groups is 2. The van der Waals surface area contributed by atoms with Gasteiger partial charge in [0, 0.05) is 18.5 Å². The van der Waals surface area contributed by atoms with Crippen LogP contribution in [0, 0.1) is 13.8 Å². The summed E-state index contributed by atoms with van der Waals surface area (Å²) >= 11 is 6.49. The van der Waals surface area contributed by atoms with Crippen LogP contribution in [0.5, 0.6) is 0 Å². The normalized spacial score (nSPS) is 10.6. The molecular weight excluding hydrogens is 432 g/mol. The van der Waals surface area contributed by atoms with Crippen LogP contribution in [0.25, 0.3) is 0 Å². The second kappa shape index (κ2) is 10.8. The Morgan fingerprint density at radius 3 is 2.41 bits per heavy atom. The van der Waals surface area contributed by atoms with Gasteiger partial charge in [0.25, 0.3) is 5.91 Å². The summed E-state index contributed by atoms with van der Waals surface area (Å²) in [6.07, 6.45) is -0.609. The monoisotopic (exact) mass is 456 g/mol. The summed E-state index contributed by atoms with van der Waals surface area (Å²) in [4.78, 5) is 24.7. The first-order chi connectivity index (χ1) is 15.4. The van der Waals surface area contributed by atoms with E-state index in [4.69, 9.17) is 21.1 Å². The lowest BCUT2D eigenvalue weighted by Gasteiger charge is -2.09. The summed E-state index contributed by atoms with van der Waals surface area (Å²) in [5.41, 5.74) is 3.99. The van der Waals surface area contributed by atoms with Crippen LogP contribution in [0.1, 0.15) is 27.2 Å². The van der Waals surface area contributed by atoms with E-state index in [1.165, 1.54) is 7.11 Å². The fourth-order valence-electron chi connectivity index (χ4n) is 3.02. The van der Waals surface area contributed by atoms with Gasteiger partial charge in [-0.05, 0) is 37.6 Å². The number of aryl methyl sites for hydroxylation is 2. The highest BCUT2D eigenvalue weighted by Gasteiger charge is 2.21. The van der Waals surface area contributed by atoms with Crippen LogP contribution >= 0.6 is 11.6 Å². The molecule has 8 nitrogen and oxygen atoms in total. The van der Waals surface area contributed by atoms with Gasteiger partial charge in [-0.1, -0.05) is 47.5 Å². The standard InChI is InChI=1S/C23H25ClN4O4/c1-15-7-9-17(10-8-15)14-28-21(24)20(16(2)27-28)22(29)25-18-5-4-6-19(13-18)26-23(30)32-12-11-31-3/h4-10,13H,11-12,14H2,1-3H3,(H,25,29)(H,26,30). The predicted molar refractivity (Wildman–Crippen MR) is 123 cm³/mol. The average Bonchev–Trinajstić information content (AvgIpc) is 3.03. The van der Waals surface area contributed by atoms with E-state index in [0.29, 0.717) is 35.8 Å². The zero-order valence-corrected chi connectivity index (χ0v) is 18.9. The summed E-state index contributed by atoms with van der Waals surface area (Å²) < 4.78 is 11.4. The molecule has 0 aliphatic heterocycles. The topological polar surface area (TPSA) is 94.5 Å². The Morgan fingerprint density at radius 2 is 1.72 bits per heavy atom. The zero-order valence-electron chi connectivity index (χ0n) is 18.1. The number of rotatable bonds is 8. The molecule has 0 aliphatic carbocycles. The third kappa shape index (κ3) is 6.09. The molecule has 0 aliphatic rings. The first-order valence-electron chi connectivity index (χ1n) is 10.00. The summed E-state index contributed by atoms with van der Waals surface area (Å²) in [6.45, 7) is 4.66. The summed E-state index contributed by atoms with van der Waals surface area (Å²) in [5.74, 6) is -0.387. The maximum Gasteiger partial charge on any atom is 0.411 e. The molecule has 0 saturated carbocycles. The van der Waals surface area contributed by atoms with Crippen LogP contribution in [0.15, 0.2) is 48.5 Å². The number of hydrogen-bond acceptors (Lipinski definition) is 5. The van der Waals surface area contributed by atoms with E-state index in [1.54, 1.807) is 35.9 Å². The lowest BCUT2D eigenvalue weighted by Crippen LogP contribution is -2.17. The van der Waals surface area contributed by atoms with Crippen molar-refractivity contribution < 1.29 is 19.1 Å². The molecule has 168 valence electrons. The van der Waals surface area contributed by atoms with Crippen molar-refractivity contribution in [3.05, 3.63) is 76.1 Å². The highest BCUT2D eigenvalue weighted by Crippen LogP contribution is 2.23. The van der Waals surface area contributed by atoms with Gasteiger partial charge in [-0.15, -0.1) is 0 Å². The molecule has 3 rings (SSSR count). The first kappa shape index (κ1) is 23.3. The minimum absolute atomic E-state index is 0.142. The van der Waals surface area contributed by atoms with Gasteiger partial charge in [-0.2, -0.15) is 5.10 Å². The summed E-state index contributed by atoms with van der Waals surface area (Å²) in [7, 11) is 1.52. The van der Waals surface area contributed by atoms with Gasteiger partial charge >= 0.3 is 6.09 Å². The van der Waals surface area contributed by atoms with E-state index >= 15 is 0 Å². The van der Waals surface area contributed by atoms with E-state index in [1.807, 2.05) is 31.2 Å². The molecule has 2 amide bonds. The number of ether oxygens (including phenoxy) is 2. The third-order valence-corrected chi connectivity index (χ3v) is 5.02. The van der Waals surface area contributed by atoms with Gasteiger partial charge < -0.3 is 14.8 Å². The van der Waals surface area contributed by atoms with Crippen LogP contribution in [-0.4, -0.2) is 42.1 Å². The predicted octanol–water partition coefficient (Wildman–Crippen LogP) is 4.65. The molecular formula is C23H25ClN4O4. The number of benzene rings is 2. The maximum atomic E-state index is 12.9. The molecule has 32 heavy (non-hydrogen) atoms. The molecule has 0 radical (unpaired) electrons. The molecule has 0 atom stereocenters. The lowest BCUT2D eigenvalue weighted by atomic mass is 10.1. The number of carbonyl (C=O) groups excluding carboxylic acids is 2. The molecule has 0 spiro atoms. The Hall–Kier alpha value is -3.36. The molecule has 1 heterocycles. The lowest BCUT2D eigenvalue weighted by molar-refractivity contribution is 0.102. The highest BCUT2D eigenvalue weighted by molar-refractivity contribution is 6.33. The number of amides is 2. The Balaban J connectivity index is 1.69. The Labute approximate surface area is 191 Å². The smallest absolute Gasteiger partial charge is 0.411 e. The number of anilines is 2. The third-order valence-electron chi connectivity index (χ3n) is 4.63. The van der Waals surface area contributed by atoms with E-state index in [9.17, 15) is 9.59 Å².